The average molecular weight is 455 g/mol. The standard InChI is InChI=1S/C28H30N4O2/c1-31(2)26(23-15-10-16-24(17-23)34-3)18-29-28(33)25-20-32(19-21-11-6-4-7-12-21)30-27(25)22-13-8-5-9-14-22/h4-17,20,26H,18-19H2,1-3H3,(H,29,33). The van der Waals surface area contributed by atoms with E-state index >= 15 is 0 Å². The maximum Gasteiger partial charge on any atom is 0.255 e. The van der Waals surface area contributed by atoms with Crippen LogP contribution in [0.4, 0.5) is 0 Å². The second-order valence-corrected chi connectivity index (χ2v) is 8.41. The van der Waals surface area contributed by atoms with Gasteiger partial charge in [-0.3, -0.25) is 9.48 Å². The fraction of sp³-hybridized carbons (Fsp3) is 0.214. The fourth-order valence-corrected chi connectivity index (χ4v) is 3.98. The number of carbonyl (C=O) groups is 1. The molecule has 0 saturated heterocycles. The van der Waals surface area contributed by atoms with Gasteiger partial charge >= 0.3 is 0 Å². The number of rotatable bonds is 9. The molecule has 0 radical (unpaired) electrons. The Morgan fingerprint density at radius 1 is 1.00 bits per heavy atom. The van der Waals surface area contributed by atoms with Crippen LogP contribution >= 0.6 is 0 Å². The normalized spacial score (nSPS) is 11.9. The van der Waals surface area contributed by atoms with Crippen molar-refractivity contribution in [2.24, 2.45) is 0 Å². The van der Waals surface area contributed by atoms with Crippen molar-refractivity contribution in [1.82, 2.24) is 20.0 Å². The number of nitrogens with zero attached hydrogens (tertiary/aromatic N) is 3. The van der Waals surface area contributed by atoms with Gasteiger partial charge in [-0.15, -0.1) is 0 Å². The minimum Gasteiger partial charge on any atom is -0.497 e. The highest BCUT2D eigenvalue weighted by atomic mass is 16.5. The summed E-state index contributed by atoms with van der Waals surface area (Å²) in [6.45, 7) is 1.05. The zero-order chi connectivity index (χ0) is 23.9. The van der Waals surface area contributed by atoms with Crippen LogP contribution in [-0.2, 0) is 6.54 Å². The van der Waals surface area contributed by atoms with Gasteiger partial charge in [0.2, 0.25) is 0 Å². The Hall–Kier alpha value is -3.90. The van der Waals surface area contributed by atoms with Crippen molar-refractivity contribution in [3.63, 3.8) is 0 Å². The molecule has 1 amide bonds. The Morgan fingerprint density at radius 3 is 2.38 bits per heavy atom. The molecule has 34 heavy (non-hydrogen) atoms. The summed E-state index contributed by atoms with van der Waals surface area (Å²) in [6.07, 6.45) is 1.83. The summed E-state index contributed by atoms with van der Waals surface area (Å²) < 4.78 is 7.21. The molecule has 0 aliphatic carbocycles. The minimum absolute atomic E-state index is 0.00131. The highest BCUT2D eigenvalue weighted by molar-refractivity contribution is 5.99. The van der Waals surface area contributed by atoms with Crippen LogP contribution in [-0.4, -0.2) is 48.3 Å². The smallest absolute Gasteiger partial charge is 0.255 e. The Morgan fingerprint density at radius 2 is 1.71 bits per heavy atom. The number of nitrogens with one attached hydrogen (secondary N) is 1. The fourth-order valence-electron chi connectivity index (χ4n) is 3.98. The second-order valence-electron chi connectivity index (χ2n) is 8.41. The lowest BCUT2D eigenvalue weighted by Crippen LogP contribution is -2.34. The summed E-state index contributed by atoms with van der Waals surface area (Å²) in [4.78, 5) is 15.5. The van der Waals surface area contributed by atoms with Gasteiger partial charge in [-0.2, -0.15) is 5.10 Å². The molecule has 0 spiro atoms. The molecule has 0 bridgehead atoms. The van der Waals surface area contributed by atoms with Gasteiger partial charge in [0, 0.05) is 18.3 Å². The van der Waals surface area contributed by atoms with E-state index in [-0.39, 0.29) is 11.9 Å². The molecule has 174 valence electrons. The van der Waals surface area contributed by atoms with E-state index < -0.39 is 0 Å². The number of ether oxygens (including phenoxy) is 1. The van der Waals surface area contributed by atoms with Crippen LogP contribution < -0.4 is 10.1 Å². The van der Waals surface area contributed by atoms with E-state index in [9.17, 15) is 4.79 Å². The predicted octanol–water partition coefficient (Wildman–Crippen LogP) is 4.64. The van der Waals surface area contributed by atoms with Gasteiger partial charge in [-0.1, -0.05) is 72.8 Å². The Kier molecular flexibility index (Phi) is 7.40. The molecule has 6 nitrogen and oxygen atoms in total. The molecule has 0 fully saturated rings. The first-order valence-corrected chi connectivity index (χ1v) is 11.3. The number of aromatic nitrogens is 2. The molecule has 0 aliphatic heterocycles. The van der Waals surface area contributed by atoms with Gasteiger partial charge in [0.15, 0.2) is 0 Å². The van der Waals surface area contributed by atoms with E-state index in [2.05, 4.69) is 22.3 Å². The van der Waals surface area contributed by atoms with Crippen molar-refractivity contribution in [2.45, 2.75) is 12.6 Å². The summed E-state index contributed by atoms with van der Waals surface area (Å²) >= 11 is 0. The maximum absolute atomic E-state index is 13.4. The largest absolute Gasteiger partial charge is 0.497 e. The number of hydrogen-bond donors (Lipinski definition) is 1. The van der Waals surface area contributed by atoms with Crippen LogP contribution in [0.5, 0.6) is 5.75 Å². The van der Waals surface area contributed by atoms with E-state index in [0.29, 0.717) is 24.3 Å². The van der Waals surface area contributed by atoms with E-state index in [1.807, 2.05) is 97.8 Å². The van der Waals surface area contributed by atoms with E-state index in [0.717, 1.165) is 22.4 Å². The third-order valence-corrected chi connectivity index (χ3v) is 5.80. The van der Waals surface area contributed by atoms with Crippen LogP contribution in [0.25, 0.3) is 11.3 Å². The third kappa shape index (κ3) is 5.53. The minimum atomic E-state index is -0.145. The second kappa shape index (κ2) is 10.8. The first-order valence-electron chi connectivity index (χ1n) is 11.3. The predicted molar refractivity (Wildman–Crippen MR) is 135 cm³/mol. The van der Waals surface area contributed by atoms with Crippen LogP contribution in [0, 0.1) is 0 Å². The van der Waals surface area contributed by atoms with Gasteiger partial charge in [0.1, 0.15) is 11.4 Å². The zero-order valence-corrected chi connectivity index (χ0v) is 19.8. The lowest BCUT2D eigenvalue weighted by atomic mass is 10.0. The zero-order valence-electron chi connectivity index (χ0n) is 19.8. The number of carbonyl (C=O) groups excluding carboxylic acids is 1. The molecule has 0 aliphatic rings. The van der Waals surface area contributed by atoms with Crippen LogP contribution in [0.15, 0.2) is 91.1 Å². The topological polar surface area (TPSA) is 59.4 Å². The Labute approximate surface area is 200 Å². The summed E-state index contributed by atoms with van der Waals surface area (Å²) in [5, 5.41) is 7.90. The van der Waals surface area contributed by atoms with Crippen molar-refractivity contribution in [2.75, 3.05) is 27.7 Å². The van der Waals surface area contributed by atoms with Crippen LogP contribution in [0.2, 0.25) is 0 Å². The first-order chi connectivity index (χ1) is 16.5. The average Bonchev–Trinajstić information content (AvgIpc) is 3.29. The molecular formula is C28H30N4O2. The molecule has 3 aromatic carbocycles. The number of hydrogen-bond acceptors (Lipinski definition) is 4. The van der Waals surface area contributed by atoms with Gasteiger partial charge in [0.25, 0.3) is 5.91 Å². The SMILES string of the molecule is COc1cccc(C(CNC(=O)c2cn(Cc3ccccc3)nc2-c2ccccc2)N(C)C)c1. The van der Waals surface area contributed by atoms with Crippen molar-refractivity contribution >= 4 is 5.91 Å². The molecule has 1 N–H and O–H groups in total. The molecular weight excluding hydrogens is 424 g/mol. The van der Waals surface area contributed by atoms with Crippen molar-refractivity contribution < 1.29 is 9.53 Å². The molecule has 4 rings (SSSR count). The quantitative estimate of drug-likeness (QED) is 0.400. The Bertz CT molecular complexity index is 1220. The van der Waals surface area contributed by atoms with Gasteiger partial charge in [-0.25, -0.2) is 0 Å². The number of likely N-dealkylation sites (N-methyl/N-ethyl adjacent to an activating group) is 1. The number of benzene rings is 3. The van der Waals surface area contributed by atoms with Crippen molar-refractivity contribution in [3.8, 4) is 17.0 Å². The van der Waals surface area contributed by atoms with Crippen molar-refractivity contribution in [3.05, 3.63) is 108 Å². The molecule has 1 heterocycles. The molecule has 1 unspecified atom stereocenters. The molecule has 1 atom stereocenters. The lowest BCUT2D eigenvalue weighted by Gasteiger charge is -2.25. The van der Waals surface area contributed by atoms with E-state index in [1.54, 1.807) is 7.11 Å². The summed E-state index contributed by atoms with van der Waals surface area (Å²) in [5.41, 5.74) is 4.36. The van der Waals surface area contributed by atoms with Gasteiger partial charge in [0.05, 0.1) is 25.3 Å². The molecule has 6 heteroatoms. The van der Waals surface area contributed by atoms with Crippen molar-refractivity contribution in [1.29, 1.82) is 0 Å². The highest BCUT2D eigenvalue weighted by Gasteiger charge is 2.21. The lowest BCUT2D eigenvalue weighted by molar-refractivity contribution is 0.0942. The molecule has 1 aromatic heterocycles. The summed E-state index contributed by atoms with van der Waals surface area (Å²) in [5.74, 6) is 0.650. The number of methoxy groups -OCH3 is 1. The number of amides is 1. The highest BCUT2D eigenvalue weighted by Crippen LogP contribution is 2.24. The van der Waals surface area contributed by atoms with Gasteiger partial charge in [-0.05, 0) is 37.4 Å². The first kappa shape index (κ1) is 23.3. The van der Waals surface area contributed by atoms with E-state index in [4.69, 9.17) is 9.84 Å². The van der Waals surface area contributed by atoms with Crippen LogP contribution in [0.3, 0.4) is 0 Å². The summed E-state index contributed by atoms with van der Waals surface area (Å²) in [6, 6.07) is 27.9. The molecule has 4 aromatic rings. The maximum atomic E-state index is 13.4. The molecule has 0 saturated carbocycles. The summed E-state index contributed by atoms with van der Waals surface area (Å²) in [7, 11) is 5.66. The van der Waals surface area contributed by atoms with Crippen LogP contribution in [0.1, 0.15) is 27.5 Å². The Balaban J connectivity index is 1.58. The monoisotopic (exact) mass is 454 g/mol. The van der Waals surface area contributed by atoms with Gasteiger partial charge < -0.3 is 15.0 Å². The van der Waals surface area contributed by atoms with E-state index in [1.165, 1.54) is 0 Å². The third-order valence-electron chi connectivity index (χ3n) is 5.80.